The number of aromatic hydroxyl groups is 2. The van der Waals surface area contributed by atoms with Gasteiger partial charge >= 0.3 is 0 Å². The molecule has 0 saturated heterocycles. The van der Waals surface area contributed by atoms with Gasteiger partial charge in [0, 0.05) is 23.4 Å². The molecule has 0 aliphatic heterocycles. The maximum atomic E-state index is 13.3. The number of fused-ring (bicyclic) bond motifs is 1. The molecule has 0 radical (unpaired) electrons. The first kappa shape index (κ1) is 21.1. The minimum atomic E-state index is -0.239. The standard InChI is InChI=1S/C24H20BBrO5/c1-2-19-22(23(28)14-8-16(25)24(29)17(26)9-14)15-10-18(27)21(11-20(15)31-19)30-12-13-6-4-3-5-7-13/h3-11,27,29H,2,12,25H2,1H3. The zero-order valence-corrected chi connectivity index (χ0v) is 18.7. The first-order valence-electron chi connectivity index (χ1n) is 9.88. The summed E-state index contributed by atoms with van der Waals surface area (Å²) < 4.78 is 12.2. The summed E-state index contributed by atoms with van der Waals surface area (Å²) in [6, 6.07) is 16.0. The van der Waals surface area contributed by atoms with Gasteiger partial charge in [-0.2, -0.15) is 0 Å². The molecule has 0 atom stereocenters. The summed E-state index contributed by atoms with van der Waals surface area (Å²) in [6.45, 7) is 2.20. The Kier molecular flexibility index (Phi) is 5.78. The predicted octanol–water partition coefficient (Wildman–Crippen LogP) is 4.24. The Morgan fingerprint density at radius 1 is 1.13 bits per heavy atom. The molecule has 0 saturated carbocycles. The lowest BCUT2D eigenvalue weighted by Crippen LogP contribution is -2.10. The van der Waals surface area contributed by atoms with Gasteiger partial charge in [0.2, 0.25) is 0 Å². The molecule has 156 valence electrons. The molecule has 7 heteroatoms. The molecule has 0 fully saturated rings. The van der Waals surface area contributed by atoms with Crippen LogP contribution in [0.4, 0.5) is 0 Å². The third kappa shape index (κ3) is 4.05. The van der Waals surface area contributed by atoms with Crippen LogP contribution in [0.15, 0.2) is 63.5 Å². The van der Waals surface area contributed by atoms with Gasteiger partial charge in [-0.3, -0.25) is 4.79 Å². The topological polar surface area (TPSA) is 79.9 Å². The van der Waals surface area contributed by atoms with Crippen LogP contribution in [0.25, 0.3) is 11.0 Å². The van der Waals surface area contributed by atoms with Gasteiger partial charge in [0.25, 0.3) is 0 Å². The minimum Gasteiger partial charge on any atom is -0.507 e. The Morgan fingerprint density at radius 3 is 2.55 bits per heavy atom. The van der Waals surface area contributed by atoms with Crippen molar-refractivity contribution in [3.05, 3.63) is 81.5 Å². The second-order valence-electron chi connectivity index (χ2n) is 7.30. The molecular formula is C24H20BBrO5. The van der Waals surface area contributed by atoms with Crippen LogP contribution < -0.4 is 10.2 Å². The van der Waals surface area contributed by atoms with E-state index in [1.54, 1.807) is 26.0 Å². The highest BCUT2D eigenvalue weighted by Crippen LogP contribution is 2.37. The minimum absolute atomic E-state index is 0.0657. The molecule has 1 heterocycles. The van der Waals surface area contributed by atoms with Crippen LogP contribution in [0, 0.1) is 0 Å². The van der Waals surface area contributed by atoms with Gasteiger partial charge in [-0.1, -0.05) is 43.3 Å². The van der Waals surface area contributed by atoms with Crippen LogP contribution in [0.3, 0.4) is 0 Å². The number of rotatable bonds is 6. The summed E-state index contributed by atoms with van der Waals surface area (Å²) in [5.41, 5.74) is 2.85. The number of furan rings is 1. The summed E-state index contributed by atoms with van der Waals surface area (Å²) in [4.78, 5) is 13.3. The Labute approximate surface area is 188 Å². The molecule has 0 amide bonds. The molecule has 3 aromatic carbocycles. The average molecular weight is 479 g/mol. The van der Waals surface area contributed by atoms with E-state index < -0.39 is 0 Å². The smallest absolute Gasteiger partial charge is 0.197 e. The van der Waals surface area contributed by atoms with Gasteiger partial charge < -0.3 is 19.4 Å². The van der Waals surface area contributed by atoms with E-state index in [-0.39, 0.29) is 23.0 Å². The van der Waals surface area contributed by atoms with Crippen LogP contribution in [0.2, 0.25) is 0 Å². The lowest BCUT2D eigenvalue weighted by Gasteiger charge is -2.09. The zero-order valence-electron chi connectivity index (χ0n) is 17.1. The molecule has 4 rings (SSSR count). The molecule has 1 aromatic heterocycles. The number of aryl methyl sites for hydroxylation is 1. The lowest BCUT2D eigenvalue weighted by atomic mass is 9.90. The van der Waals surface area contributed by atoms with E-state index in [2.05, 4.69) is 15.9 Å². The van der Waals surface area contributed by atoms with E-state index in [9.17, 15) is 15.0 Å². The van der Waals surface area contributed by atoms with E-state index >= 15 is 0 Å². The number of phenolic OH excluding ortho intramolecular Hbond substituents is 2. The van der Waals surface area contributed by atoms with Gasteiger partial charge in [0.05, 0.1) is 10.0 Å². The fraction of sp³-hybridized carbons (Fsp3) is 0.125. The Morgan fingerprint density at radius 2 is 1.87 bits per heavy atom. The van der Waals surface area contributed by atoms with Crippen molar-refractivity contribution in [3.8, 4) is 17.2 Å². The fourth-order valence-corrected chi connectivity index (χ4v) is 4.08. The van der Waals surface area contributed by atoms with E-state index in [0.717, 1.165) is 5.56 Å². The number of ether oxygens (including phenoxy) is 1. The van der Waals surface area contributed by atoms with E-state index in [4.69, 9.17) is 9.15 Å². The first-order valence-corrected chi connectivity index (χ1v) is 10.7. The highest BCUT2D eigenvalue weighted by Gasteiger charge is 2.24. The van der Waals surface area contributed by atoms with E-state index in [1.165, 1.54) is 6.07 Å². The summed E-state index contributed by atoms with van der Waals surface area (Å²) in [6.07, 6.45) is 0.509. The number of phenols is 2. The van der Waals surface area contributed by atoms with Gasteiger partial charge in [0.1, 0.15) is 31.5 Å². The molecule has 4 aromatic rings. The van der Waals surface area contributed by atoms with Crippen molar-refractivity contribution >= 4 is 46.0 Å². The second kappa shape index (κ2) is 8.51. The normalized spacial score (nSPS) is 11.0. The fourth-order valence-electron chi connectivity index (χ4n) is 3.52. The quantitative estimate of drug-likeness (QED) is 0.320. The van der Waals surface area contributed by atoms with Crippen LogP contribution in [0.5, 0.6) is 17.2 Å². The van der Waals surface area contributed by atoms with Gasteiger partial charge in [-0.25, -0.2) is 0 Å². The predicted molar refractivity (Wildman–Crippen MR) is 125 cm³/mol. The molecule has 0 spiro atoms. The largest absolute Gasteiger partial charge is 0.507 e. The van der Waals surface area contributed by atoms with Crippen LogP contribution >= 0.6 is 15.9 Å². The van der Waals surface area contributed by atoms with Crippen molar-refractivity contribution < 1.29 is 24.2 Å². The Bertz CT molecular complexity index is 1260. The summed E-state index contributed by atoms with van der Waals surface area (Å²) in [5.74, 6) is 0.611. The van der Waals surface area contributed by atoms with Crippen molar-refractivity contribution in [1.82, 2.24) is 0 Å². The van der Waals surface area contributed by atoms with Crippen molar-refractivity contribution in [2.45, 2.75) is 20.0 Å². The zero-order chi connectivity index (χ0) is 22.1. The van der Waals surface area contributed by atoms with Crippen molar-refractivity contribution in [2.75, 3.05) is 0 Å². The number of benzene rings is 3. The molecular weight excluding hydrogens is 459 g/mol. The van der Waals surface area contributed by atoms with Crippen LogP contribution in [0.1, 0.15) is 34.2 Å². The molecule has 2 N–H and O–H groups in total. The van der Waals surface area contributed by atoms with Crippen LogP contribution in [-0.2, 0) is 13.0 Å². The molecule has 0 bridgehead atoms. The number of hydrogen-bond donors (Lipinski definition) is 2. The van der Waals surface area contributed by atoms with Crippen molar-refractivity contribution in [2.24, 2.45) is 0 Å². The van der Waals surface area contributed by atoms with E-state index in [0.29, 0.717) is 50.8 Å². The third-order valence-electron chi connectivity index (χ3n) is 5.14. The Balaban J connectivity index is 1.74. The summed E-state index contributed by atoms with van der Waals surface area (Å²) in [7, 11) is 1.73. The van der Waals surface area contributed by atoms with Gasteiger partial charge in [-0.05, 0) is 39.1 Å². The summed E-state index contributed by atoms with van der Waals surface area (Å²) >= 11 is 3.29. The van der Waals surface area contributed by atoms with Gasteiger partial charge in [-0.15, -0.1) is 0 Å². The van der Waals surface area contributed by atoms with Crippen molar-refractivity contribution in [3.63, 3.8) is 0 Å². The van der Waals surface area contributed by atoms with E-state index in [1.807, 2.05) is 37.3 Å². The molecule has 31 heavy (non-hydrogen) atoms. The maximum absolute atomic E-state index is 13.3. The number of ketones is 1. The first-order chi connectivity index (χ1) is 14.9. The SMILES string of the molecule is Bc1cc(C(=O)c2c(CC)oc3cc(OCc4ccccc4)c(O)cc23)cc(Br)c1O. The molecule has 0 aliphatic rings. The second-order valence-corrected chi connectivity index (χ2v) is 8.15. The molecule has 5 nitrogen and oxygen atoms in total. The average Bonchev–Trinajstić information content (AvgIpc) is 3.12. The summed E-state index contributed by atoms with van der Waals surface area (Å²) in [5, 5.41) is 21.1. The highest BCUT2D eigenvalue weighted by atomic mass is 79.9. The number of carbonyl (C=O) groups is 1. The number of hydrogen-bond acceptors (Lipinski definition) is 5. The monoisotopic (exact) mass is 478 g/mol. The number of halogens is 1. The van der Waals surface area contributed by atoms with Crippen LogP contribution in [-0.4, -0.2) is 23.8 Å². The Hall–Kier alpha value is -3.19. The number of carbonyl (C=O) groups excluding carboxylic acids is 1. The molecule has 0 aliphatic carbocycles. The van der Waals surface area contributed by atoms with Gasteiger partial charge in [0.15, 0.2) is 17.3 Å². The maximum Gasteiger partial charge on any atom is 0.197 e. The van der Waals surface area contributed by atoms with Crippen molar-refractivity contribution in [1.29, 1.82) is 0 Å². The highest BCUT2D eigenvalue weighted by molar-refractivity contribution is 9.10. The lowest BCUT2D eigenvalue weighted by molar-refractivity contribution is 0.103. The molecule has 0 unspecified atom stereocenters. The third-order valence-corrected chi connectivity index (χ3v) is 5.75.